The SMILES string of the molecule is COC(=O)CC1=C(OC)C(=O)CO1. The molecule has 5 nitrogen and oxygen atoms in total. The van der Waals surface area contributed by atoms with E-state index in [-0.39, 0.29) is 30.3 Å². The lowest BCUT2D eigenvalue weighted by Crippen LogP contribution is -2.04. The first-order chi connectivity index (χ1) is 6.19. The second-order valence-electron chi connectivity index (χ2n) is 2.42. The molecule has 0 atom stereocenters. The number of ether oxygens (including phenoxy) is 3. The fourth-order valence-corrected chi connectivity index (χ4v) is 1.00. The lowest BCUT2D eigenvalue weighted by molar-refractivity contribution is -0.140. The van der Waals surface area contributed by atoms with Crippen molar-refractivity contribution < 1.29 is 23.8 Å². The Hall–Kier alpha value is -1.52. The Balaban J connectivity index is 2.72. The minimum Gasteiger partial charge on any atom is -0.490 e. The van der Waals surface area contributed by atoms with Gasteiger partial charge in [-0.25, -0.2) is 0 Å². The van der Waals surface area contributed by atoms with Gasteiger partial charge in [0.25, 0.3) is 0 Å². The first-order valence-corrected chi connectivity index (χ1v) is 3.69. The number of hydrogen-bond acceptors (Lipinski definition) is 5. The summed E-state index contributed by atoms with van der Waals surface area (Å²) >= 11 is 0. The average Bonchev–Trinajstić information content (AvgIpc) is 2.46. The summed E-state index contributed by atoms with van der Waals surface area (Å²) in [5, 5.41) is 0. The van der Waals surface area contributed by atoms with E-state index in [1.165, 1.54) is 14.2 Å². The van der Waals surface area contributed by atoms with E-state index in [0.29, 0.717) is 0 Å². The molecular weight excluding hydrogens is 176 g/mol. The molecule has 1 aliphatic rings. The number of esters is 1. The molecule has 1 rings (SSSR count). The average molecular weight is 186 g/mol. The van der Waals surface area contributed by atoms with Crippen LogP contribution in [0, 0.1) is 0 Å². The van der Waals surface area contributed by atoms with Crippen molar-refractivity contribution in [3.05, 3.63) is 11.5 Å². The van der Waals surface area contributed by atoms with Crippen LogP contribution >= 0.6 is 0 Å². The minimum atomic E-state index is -0.459. The molecule has 0 amide bonds. The molecule has 0 unspecified atom stereocenters. The van der Waals surface area contributed by atoms with Gasteiger partial charge in [-0.2, -0.15) is 0 Å². The monoisotopic (exact) mass is 186 g/mol. The summed E-state index contributed by atoms with van der Waals surface area (Å²) < 4.78 is 14.1. The predicted molar refractivity (Wildman–Crippen MR) is 41.6 cm³/mol. The maximum atomic E-state index is 11.0. The van der Waals surface area contributed by atoms with Crippen LogP contribution < -0.4 is 0 Å². The first-order valence-electron chi connectivity index (χ1n) is 3.69. The zero-order valence-electron chi connectivity index (χ0n) is 7.46. The van der Waals surface area contributed by atoms with Crippen molar-refractivity contribution in [2.75, 3.05) is 20.8 Å². The number of rotatable bonds is 3. The van der Waals surface area contributed by atoms with Gasteiger partial charge in [0.15, 0.2) is 12.4 Å². The first kappa shape index (κ1) is 9.57. The zero-order chi connectivity index (χ0) is 9.84. The van der Waals surface area contributed by atoms with Crippen LogP contribution in [0.25, 0.3) is 0 Å². The van der Waals surface area contributed by atoms with Crippen LogP contribution in [-0.2, 0) is 23.8 Å². The summed E-state index contributed by atoms with van der Waals surface area (Å²) in [4.78, 5) is 21.9. The molecule has 13 heavy (non-hydrogen) atoms. The topological polar surface area (TPSA) is 61.8 Å². The van der Waals surface area contributed by atoms with E-state index in [2.05, 4.69) is 4.74 Å². The molecule has 0 bridgehead atoms. The maximum Gasteiger partial charge on any atom is 0.313 e. The third-order valence-electron chi connectivity index (χ3n) is 1.62. The van der Waals surface area contributed by atoms with Gasteiger partial charge in [0.05, 0.1) is 14.2 Å². The molecule has 0 aromatic rings. The summed E-state index contributed by atoms with van der Waals surface area (Å²) in [6.07, 6.45) is -0.0641. The number of ketones is 1. The van der Waals surface area contributed by atoms with Crippen molar-refractivity contribution in [2.45, 2.75) is 6.42 Å². The third kappa shape index (κ3) is 1.99. The summed E-state index contributed by atoms with van der Waals surface area (Å²) in [6, 6.07) is 0. The molecule has 0 aromatic heterocycles. The van der Waals surface area contributed by atoms with Crippen molar-refractivity contribution in [1.29, 1.82) is 0 Å². The van der Waals surface area contributed by atoms with Crippen molar-refractivity contribution in [3.63, 3.8) is 0 Å². The van der Waals surface area contributed by atoms with Gasteiger partial charge in [-0.15, -0.1) is 0 Å². The van der Waals surface area contributed by atoms with Gasteiger partial charge in [-0.05, 0) is 0 Å². The Morgan fingerprint density at radius 3 is 2.77 bits per heavy atom. The Kier molecular flexibility index (Phi) is 2.89. The molecule has 0 aromatic carbocycles. The smallest absolute Gasteiger partial charge is 0.313 e. The van der Waals surface area contributed by atoms with E-state index in [9.17, 15) is 9.59 Å². The van der Waals surface area contributed by atoms with Gasteiger partial charge in [0.1, 0.15) is 6.42 Å². The molecule has 1 aliphatic heterocycles. The van der Waals surface area contributed by atoms with E-state index >= 15 is 0 Å². The van der Waals surface area contributed by atoms with Crippen LogP contribution in [0.2, 0.25) is 0 Å². The summed E-state index contributed by atoms with van der Waals surface area (Å²) in [5.74, 6) is -0.342. The number of carbonyl (C=O) groups is 2. The highest BCUT2D eigenvalue weighted by molar-refractivity contribution is 5.97. The quantitative estimate of drug-likeness (QED) is 0.581. The molecule has 0 fully saturated rings. The molecule has 72 valence electrons. The fourth-order valence-electron chi connectivity index (χ4n) is 1.00. The van der Waals surface area contributed by atoms with E-state index in [0.717, 1.165) is 0 Å². The van der Waals surface area contributed by atoms with Gasteiger partial charge in [0.2, 0.25) is 11.5 Å². The predicted octanol–water partition coefficient (Wildman–Crippen LogP) is 0.00680. The fraction of sp³-hybridized carbons (Fsp3) is 0.500. The molecule has 0 aliphatic carbocycles. The largest absolute Gasteiger partial charge is 0.490 e. The van der Waals surface area contributed by atoms with Crippen LogP contribution in [0.15, 0.2) is 11.5 Å². The maximum absolute atomic E-state index is 11.0. The number of hydrogen-bond donors (Lipinski definition) is 0. The summed E-state index contributed by atoms with van der Waals surface area (Å²) in [7, 11) is 2.63. The molecule has 0 N–H and O–H groups in total. The second kappa shape index (κ2) is 3.93. The van der Waals surface area contributed by atoms with Crippen LogP contribution in [0.3, 0.4) is 0 Å². The normalized spacial score (nSPS) is 15.7. The highest BCUT2D eigenvalue weighted by Crippen LogP contribution is 2.19. The highest BCUT2D eigenvalue weighted by atomic mass is 16.5. The lowest BCUT2D eigenvalue weighted by atomic mass is 10.3. The lowest BCUT2D eigenvalue weighted by Gasteiger charge is -2.02. The van der Waals surface area contributed by atoms with Crippen molar-refractivity contribution in [2.24, 2.45) is 0 Å². The van der Waals surface area contributed by atoms with Gasteiger partial charge >= 0.3 is 5.97 Å². The second-order valence-corrected chi connectivity index (χ2v) is 2.42. The van der Waals surface area contributed by atoms with Crippen LogP contribution in [0.5, 0.6) is 0 Å². The van der Waals surface area contributed by atoms with Gasteiger partial charge < -0.3 is 14.2 Å². The molecule has 0 spiro atoms. The molecule has 5 heteroatoms. The van der Waals surface area contributed by atoms with Crippen LogP contribution in [0.1, 0.15) is 6.42 Å². The Morgan fingerprint density at radius 1 is 1.54 bits per heavy atom. The molecular formula is C8H10O5. The Bertz CT molecular complexity index is 266. The summed E-state index contributed by atoms with van der Waals surface area (Å²) in [5.41, 5.74) is 0. The van der Waals surface area contributed by atoms with Crippen LogP contribution in [-0.4, -0.2) is 32.6 Å². The standard InChI is InChI=1S/C8H10O5/c1-11-7(10)3-6-8(12-2)5(9)4-13-6/h3-4H2,1-2H3. The van der Waals surface area contributed by atoms with Crippen molar-refractivity contribution in [1.82, 2.24) is 0 Å². The van der Waals surface area contributed by atoms with Gasteiger partial charge in [0, 0.05) is 0 Å². The molecule has 1 heterocycles. The highest BCUT2D eigenvalue weighted by Gasteiger charge is 2.27. The number of carbonyl (C=O) groups excluding carboxylic acids is 2. The number of Topliss-reactive ketones (excluding diaryl/α,β-unsaturated/α-hetero) is 1. The Morgan fingerprint density at radius 2 is 2.23 bits per heavy atom. The van der Waals surface area contributed by atoms with E-state index in [1.807, 2.05) is 0 Å². The molecule has 0 saturated heterocycles. The van der Waals surface area contributed by atoms with E-state index < -0.39 is 5.97 Å². The van der Waals surface area contributed by atoms with Crippen molar-refractivity contribution >= 4 is 11.8 Å². The van der Waals surface area contributed by atoms with Crippen LogP contribution in [0.4, 0.5) is 0 Å². The van der Waals surface area contributed by atoms with Crippen molar-refractivity contribution in [3.8, 4) is 0 Å². The molecule has 0 saturated carbocycles. The molecule has 0 radical (unpaired) electrons. The zero-order valence-corrected chi connectivity index (χ0v) is 7.46. The number of methoxy groups -OCH3 is 2. The van der Waals surface area contributed by atoms with E-state index in [1.54, 1.807) is 0 Å². The minimum absolute atomic E-state index is 0.0600. The third-order valence-corrected chi connectivity index (χ3v) is 1.62. The Labute approximate surface area is 75.3 Å². The van der Waals surface area contributed by atoms with Gasteiger partial charge in [-0.3, -0.25) is 9.59 Å². The van der Waals surface area contributed by atoms with Gasteiger partial charge in [-0.1, -0.05) is 0 Å². The van der Waals surface area contributed by atoms with E-state index in [4.69, 9.17) is 9.47 Å². The summed E-state index contributed by atoms with van der Waals surface area (Å²) in [6.45, 7) is -0.0600.